The van der Waals surface area contributed by atoms with Crippen molar-refractivity contribution in [2.75, 3.05) is 26.1 Å². The van der Waals surface area contributed by atoms with Crippen LogP contribution in [-0.4, -0.2) is 31.8 Å². The minimum Gasteiger partial charge on any atom is -0.504 e. The molecule has 0 aliphatic heterocycles. The maximum Gasteiger partial charge on any atom is 0.193 e. The Labute approximate surface area is 135 Å². The van der Waals surface area contributed by atoms with Crippen LogP contribution in [0.25, 0.3) is 0 Å². The van der Waals surface area contributed by atoms with Crippen molar-refractivity contribution in [1.82, 2.24) is 0 Å². The smallest absolute Gasteiger partial charge is 0.193 e. The number of para-hydroxylation sites is 3. The van der Waals surface area contributed by atoms with Crippen molar-refractivity contribution in [3.8, 4) is 17.2 Å². The van der Waals surface area contributed by atoms with Gasteiger partial charge in [-0.3, -0.25) is 4.99 Å². The predicted molar refractivity (Wildman–Crippen MR) is 91.5 cm³/mol. The first-order valence-electron chi connectivity index (χ1n) is 7.20. The van der Waals surface area contributed by atoms with E-state index < -0.39 is 0 Å². The Morgan fingerprint density at radius 3 is 2.52 bits per heavy atom. The SMILES string of the molecule is COc1ccccc1NC(N)=NCCc1cccc(OC)c1O. The van der Waals surface area contributed by atoms with Gasteiger partial charge in [0.2, 0.25) is 0 Å². The normalized spacial score (nSPS) is 11.1. The van der Waals surface area contributed by atoms with E-state index in [9.17, 15) is 5.11 Å². The molecule has 0 heterocycles. The van der Waals surface area contributed by atoms with Crippen LogP contribution in [0.1, 0.15) is 5.56 Å². The first-order valence-corrected chi connectivity index (χ1v) is 7.20. The van der Waals surface area contributed by atoms with E-state index >= 15 is 0 Å². The lowest BCUT2D eigenvalue weighted by Crippen LogP contribution is -2.23. The average Bonchev–Trinajstić information content (AvgIpc) is 2.57. The summed E-state index contributed by atoms with van der Waals surface area (Å²) in [5, 5.41) is 13.0. The molecule has 0 saturated heterocycles. The average molecular weight is 315 g/mol. The highest BCUT2D eigenvalue weighted by Crippen LogP contribution is 2.29. The van der Waals surface area contributed by atoms with Gasteiger partial charge in [0.25, 0.3) is 0 Å². The molecule has 6 nitrogen and oxygen atoms in total. The Kier molecular flexibility index (Phi) is 5.68. The zero-order chi connectivity index (χ0) is 16.7. The standard InChI is InChI=1S/C17H21N3O3/c1-22-14-8-4-3-7-13(14)20-17(18)19-11-10-12-6-5-9-15(23-2)16(12)21/h3-9,21H,10-11H2,1-2H3,(H3,18,19,20). The van der Waals surface area contributed by atoms with Gasteiger partial charge in [-0.1, -0.05) is 24.3 Å². The third kappa shape index (κ3) is 4.29. The Morgan fingerprint density at radius 1 is 1.09 bits per heavy atom. The van der Waals surface area contributed by atoms with Gasteiger partial charge in [-0.25, -0.2) is 0 Å². The third-order valence-corrected chi connectivity index (χ3v) is 3.34. The summed E-state index contributed by atoms with van der Waals surface area (Å²) in [5.74, 6) is 1.57. The van der Waals surface area contributed by atoms with Crippen LogP contribution in [0.2, 0.25) is 0 Å². The fourth-order valence-electron chi connectivity index (χ4n) is 2.16. The molecular formula is C17H21N3O3. The maximum atomic E-state index is 10.0. The number of ether oxygens (including phenoxy) is 2. The lowest BCUT2D eigenvalue weighted by atomic mass is 10.1. The number of aliphatic imine (C=N–C) groups is 1. The summed E-state index contributed by atoms with van der Waals surface area (Å²) < 4.78 is 10.3. The number of methoxy groups -OCH3 is 2. The fraction of sp³-hybridized carbons (Fsp3) is 0.235. The van der Waals surface area contributed by atoms with Crippen LogP contribution < -0.4 is 20.5 Å². The van der Waals surface area contributed by atoms with Crippen molar-refractivity contribution in [3.05, 3.63) is 48.0 Å². The van der Waals surface area contributed by atoms with Crippen LogP contribution in [0, 0.1) is 0 Å². The van der Waals surface area contributed by atoms with Crippen molar-refractivity contribution in [2.24, 2.45) is 10.7 Å². The number of hydrogen-bond acceptors (Lipinski definition) is 4. The number of rotatable bonds is 6. The van der Waals surface area contributed by atoms with Crippen molar-refractivity contribution >= 4 is 11.6 Å². The van der Waals surface area contributed by atoms with E-state index in [1.54, 1.807) is 13.2 Å². The van der Waals surface area contributed by atoms with Gasteiger partial charge in [0.05, 0.1) is 19.9 Å². The number of nitrogens with two attached hydrogens (primary N) is 1. The van der Waals surface area contributed by atoms with Crippen LogP contribution in [0.3, 0.4) is 0 Å². The number of benzene rings is 2. The van der Waals surface area contributed by atoms with Crippen LogP contribution in [-0.2, 0) is 6.42 Å². The van der Waals surface area contributed by atoms with E-state index in [-0.39, 0.29) is 11.7 Å². The summed E-state index contributed by atoms with van der Waals surface area (Å²) in [6.07, 6.45) is 0.553. The largest absolute Gasteiger partial charge is 0.504 e. The van der Waals surface area contributed by atoms with Crippen LogP contribution in [0.4, 0.5) is 5.69 Å². The molecule has 0 aliphatic rings. The molecule has 0 saturated carbocycles. The van der Waals surface area contributed by atoms with Gasteiger partial charge in [-0.2, -0.15) is 0 Å². The first kappa shape index (κ1) is 16.5. The van der Waals surface area contributed by atoms with Crippen molar-refractivity contribution in [1.29, 1.82) is 0 Å². The number of aromatic hydroxyl groups is 1. The van der Waals surface area contributed by atoms with E-state index in [0.29, 0.717) is 24.5 Å². The Bertz CT molecular complexity index is 687. The minimum atomic E-state index is 0.140. The van der Waals surface area contributed by atoms with Gasteiger partial charge in [-0.05, 0) is 30.2 Å². The molecule has 122 valence electrons. The van der Waals surface area contributed by atoms with E-state index in [4.69, 9.17) is 15.2 Å². The van der Waals surface area contributed by atoms with Gasteiger partial charge in [0.1, 0.15) is 5.75 Å². The molecule has 0 radical (unpaired) electrons. The van der Waals surface area contributed by atoms with Gasteiger partial charge in [0, 0.05) is 6.54 Å². The van der Waals surface area contributed by atoms with E-state index in [0.717, 1.165) is 11.3 Å². The number of phenolic OH excluding ortho intramolecular Hbond substituents is 1. The third-order valence-electron chi connectivity index (χ3n) is 3.34. The number of hydrogen-bond donors (Lipinski definition) is 3. The molecule has 0 spiro atoms. The number of nitrogens with zero attached hydrogens (tertiary/aromatic N) is 1. The van der Waals surface area contributed by atoms with E-state index in [1.807, 2.05) is 36.4 Å². The fourth-order valence-corrected chi connectivity index (χ4v) is 2.16. The van der Waals surface area contributed by atoms with Gasteiger partial charge in [-0.15, -0.1) is 0 Å². The van der Waals surface area contributed by atoms with E-state index in [1.165, 1.54) is 7.11 Å². The van der Waals surface area contributed by atoms with Crippen LogP contribution >= 0.6 is 0 Å². The number of anilines is 1. The molecule has 0 fully saturated rings. The van der Waals surface area contributed by atoms with Crippen LogP contribution in [0.15, 0.2) is 47.5 Å². The molecular weight excluding hydrogens is 294 g/mol. The summed E-state index contributed by atoms with van der Waals surface area (Å²) >= 11 is 0. The Hall–Kier alpha value is -2.89. The van der Waals surface area contributed by atoms with Gasteiger partial charge in [0.15, 0.2) is 17.5 Å². The lowest BCUT2D eigenvalue weighted by molar-refractivity contribution is 0.370. The zero-order valence-corrected chi connectivity index (χ0v) is 13.2. The zero-order valence-electron chi connectivity index (χ0n) is 13.2. The Balaban J connectivity index is 1.98. The highest BCUT2D eigenvalue weighted by Gasteiger charge is 2.07. The molecule has 2 rings (SSSR count). The Morgan fingerprint density at radius 2 is 1.78 bits per heavy atom. The minimum absolute atomic E-state index is 0.140. The second-order valence-corrected chi connectivity index (χ2v) is 4.81. The molecule has 0 atom stereocenters. The lowest BCUT2D eigenvalue weighted by Gasteiger charge is -2.10. The molecule has 0 aliphatic carbocycles. The number of guanidine groups is 1. The molecule has 2 aromatic rings. The molecule has 0 bridgehead atoms. The van der Waals surface area contributed by atoms with Gasteiger partial charge < -0.3 is 25.6 Å². The quantitative estimate of drug-likeness (QED) is 0.562. The monoisotopic (exact) mass is 315 g/mol. The van der Waals surface area contributed by atoms with Gasteiger partial charge >= 0.3 is 0 Å². The first-order chi connectivity index (χ1) is 11.2. The summed E-state index contributed by atoms with van der Waals surface area (Å²) in [6.45, 7) is 0.439. The van der Waals surface area contributed by atoms with Crippen molar-refractivity contribution in [3.63, 3.8) is 0 Å². The van der Waals surface area contributed by atoms with Crippen LogP contribution in [0.5, 0.6) is 17.2 Å². The van der Waals surface area contributed by atoms with E-state index in [2.05, 4.69) is 10.3 Å². The van der Waals surface area contributed by atoms with Crippen molar-refractivity contribution < 1.29 is 14.6 Å². The highest BCUT2D eigenvalue weighted by molar-refractivity contribution is 5.93. The second kappa shape index (κ2) is 7.93. The number of nitrogens with one attached hydrogen (secondary N) is 1. The molecule has 0 amide bonds. The molecule has 0 unspecified atom stereocenters. The predicted octanol–water partition coefficient (Wildman–Crippen LogP) is 2.38. The van der Waals surface area contributed by atoms with Crippen molar-refractivity contribution in [2.45, 2.75) is 6.42 Å². The molecule has 6 heteroatoms. The summed E-state index contributed by atoms with van der Waals surface area (Å²) in [6, 6.07) is 12.8. The summed E-state index contributed by atoms with van der Waals surface area (Å²) in [4.78, 5) is 4.26. The topological polar surface area (TPSA) is 89.1 Å². The molecule has 23 heavy (non-hydrogen) atoms. The summed E-state index contributed by atoms with van der Waals surface area (Å²) in [5.41, 5.74) is 7.40. The summed E-state index contributed by atoms with van der Waals surface area (Å²) in [7, 11) is 3.12. The second-order valence-electron chi connectivity index (χ2n) is 4.81. The molecule has 2 aromatic carbocycles. The maximum absolute atomic E-state index is 10.0. The highest BCUT2D eigenvalue weighted by atomic mass is 16.5. The molecule has 0 aromatic heterocycles. The molecule has 4 N–H and O–H groups in total. The number of phenols is 1.